The summed E-state index contributed by atoms with van der Waals surface area (Å²) in [6, 6.07) is 19.1. The summed E-state index contributed by atoms with van der Waals surface area (Å²) in [5, 5.41) is 6.25. The minimum atomic E-state index is 0.808. The normalized spacial score (nSPS) is 10.3. The van der Waals surface area contributed by atoms with Crippen LogP contribution in [0.25, 0.3) is 11.1 Å². The monoisotopic (exact) mass is 266 g/mol. The van der Waals surface area contributed by atoms with Crippen LogP contribution in [0.15, 0.2) is 66.2 Å². The molecule has 0 unspecified atom stereocenters. The van der Waals surface area contributed by atoms with Gasteiger partial charge in [-0.15, -0.1) is 11.3 Å². The van der Waals surface area contributed by atoms with Crippen LogP contribution in [0.1, 0.15) is 5.56 Å². The lowest BCUT2D eigenvalue weighted by Crippen LogP contribution is -1.98. The first-order valence-electron chi connectivity index (χ1n) is 6.19. The van der Waals surface area contributed by atoms with Crippen molar-refractivity contribution in [1.82, 2.24) is 4.98 Å². The maximum Gasteiger partial charge on any atom is 0.182 e. The van der Waals surface area contributed by atoms with E-state index in [1.165, 1.54) is 16.7 Å². The number of rotatable bonds is 4. The molecule has 2 aromatic carbocycles. The molecule has 1 N–H and O–H groups in total. The Balaban J connectivity index is 1.69. The summed E-state index contributed by atoms with van der Waals surface area (Å²) in [6.07, 6.45) is 1.81. The molecule has 0 radical (unpaired) electrons. The smallest absolute Gasteiger partial charge is 0.182 e. The zero-order valence-corrected chi connectivity index (χ0v) is 11.2. The van der Waals surface area contributed by atoms with Crippen LogP contribution in [-0.4, -0.2) is 4.98 Å². The first kappa shape index (κ1) is 11.9. The SMILES string of the molecule is c1ccc(-c2ccc(CNc3nccs3)cc2)cc1. The standard InChI is InChI=1S/C16H14N2S/c1-2-4-14(5-3-1)15-8-6-13(7-9-15)12-18-16-17-10-11-19-16/h1-11H,12H2,(H,17,18). The molecule has 0 aliphatic carbocycles. The quantitative estimate of drug-likeness (QED) is 0.756. The molecule has 3 rings (SSSR count). The van der Waals surface area contributed by atoms with Gasteiger partial charge in [-0.3, -0.25) is 0 Å². The van der Waals surface area contributed by atoms with Gasteiger partial charge in [-0.1, -0.05) is 54.6 Å². The third-order valence-corrected chi connectivity index (χ3v) is 3.67. The van der Waals surface area contributed by atoms with Crippen LogP contribution < -0.4 is 5.32 Å². The molecule has 94 valence electrons. The van der Waals surface area contributed by atoms with Crippen LogP contribution >= 0.6 is 11.3 Å². The predicted octanol–water partition coefficient (Wildman–Crippen LogP) is 4.42. The second-order valence-corrected chi connectivity index (χ2v) is 5.15. The van der Waals surface area contributed by atoms with Crippen LogP contribution in [0.3, 0.4) is 0 Å². The zero-order valence-electron chi connectivity index (χ0n) is 10.4. The van der Waals surface area contributed by atoms with E-state index >= 15 is 0 Å². The summed E-state index contributed by atoms with van der Waals surface area (Å²) in [7, 11) is 0. The zero-order chi connectivity index (χ0) is 12.9. The van der Waals surface area contributed by atoms with Crippen LogP contribution in [0.4, 0.5) is 5.13 Å². The summed E-state index contributed by atoms with van der Waals surface area (Å²) >= 11 is 1.62. The largest absolute Gasteiger partial charge is 0.357 e. The van der Waals surface area contributed by atoms with E-state index in [2.05, 4.69) is 58.8 Å². The van der Waals surface area contributed by atoms with E-state index in [1.54, 1.807) is 11.3 Å². The lowest BCUT2D eigenvalue weighted by molar-refractivity contribution is 1.13. The van der Waals surface area contributed by atoms with Gasteiger partial charge in [-0.05, 0) is 16.7 Å². The minimum absolute atomic E-state index is 0.808. The van der Waals surface area contributed by atoms with Gasteiger partial charge in [0, 0.05) is 18.1 Å². The van der Waals surface area contributed by atoms with E-state index in [4.69, 9.17) is 0 Å². The molecule has 0 saturated carbocycles. The minimum Gasteiger partial charge on any atom is -0.357 e. The van der Waals surface area contributed by atoms with Crippen molar-refractivity contribution < 1.29 is 0 Å². The molecule has 1 aromatic heterocycles. The van der Waals surface area contributed by atoms with Gasteiger partial charge < -0.3 is 5.32 Å². The predicted molar refractivity (Wildman–Crippen MR) is 81.3 cm³/mol. The van der Waals surface area contributed by atoms with Crippen molar-refractivity contribution in [2.75, 3.05) is 5.32 Å². The van der Waals surface area contributed by atoms with Crippen molar-refractivity contribution in [2.45, 2.75) is 6.54 Å². The number of thiazole rings is 1. The number of nitrogens with zero attached hydrogens (tertiary/aromatic N) is 1. The fourth-order valence-electron chi connectivity index (χ4n) is 1.93. The molecular weight excluding hydrogens is 252 g/mol. The Hall–Kier alpha value is -2.13. The van der Waals surface area contributed by atoms with E-state index in [9.17, 15) is 0 Å². The summed E-state index contributed by atoms with van der Waals surface area (Å²) in [5.41, 5.74) is 3.76. The van der Waals surface area contributed by atoms with Crippen molar-refractivity contribution in [3.05, 3.63) is 71.7 Å². The average molecular weight is 266 g/mol. The fourth-order valence-corrected chi connectivity index (χ4v) is 2.46. The Morgan fingerprint density at radius 1 is 0.895 bits per heavy atom. The number of nitrogens with one attached hydrogen (secondary N) is 1. The van der Waals surface area contributed by atoms with Crippen LogP contribution in [-0.2, 0) is 6.54 Å². The number of hydrogen-bond donors (Lipinski definition) is 1. The second kappa shape index (κ2) is 5.67. The van der Waals surface area contributed by atoms with Crippen molar-refractivity contribution in [2.24, 2.45) is 0 Å². The highest BCUT2D eigenvalue weighted by atomic mass is 32.1. The van der Waals surface area contributed by atoms with Crippen molar-refractivity contribution >= 4 is 16.5 Å². The highest BCUT2D eigenvalue weighted by molar-refractivity contribution is 7.13. The molecule has 0 atom stereocenters. The van der Waals surface area contributed by atoms with Gasteiger partial charge in [0.25, 0.3) is 0 Å². The summed E-state index contributed by atoms with van der Waals surface area (Å²) < 4.78 is 0. The summed E-state index contributed by atoms with van der Waals surface area (Å²) in [5.74, 6) is 0. The Morgan fingerprint density at radius 2 is 1.63 bits per heavy atom. The molecule has 0 spiro atoms. The molecule has 0 aliphatic heterocycles. The Bertz CT molecular complexity index is 616. The highest BCUT2D eigenvalue weighted by Gasteiger charge is 1.98. The van der Waals surface area contributed by atoms with Gasteiger partial charge >= 0.3 is 0 Å². The van der Waals surface area contributed by atoms with Crippen molar-refractivity contribution in [3.8, 4) is 11.1 Å². The van der Waals surface area contributed by atoms with Gasteiger partial charge in [0.15, 0.2) is 5.13 Å². The van der Waals surface area contributed by atoms with E-state index in [1.807, 2.05) is 17.6 Å². The maximum atomic E-state index is 4.20. The molecule has 19 heavy (non-hydrogen) atoms. The number of aromatic nitrogens is 1. The molecule has 0 amide bonds. The lowest BCUT2D eigenvalue weighted by atomic mass is 10.0. The molecule has 0 bridgehead atoms. The van der Waals surface area contributed by atoms with Crippen LogP contribution in [0.5, 0.6) is 0 Å². The van der Waals surface area contributed by atoms with Gasteiger partial charge in [-0.2, -0.15) is 0 Å². The molecule has 3 aromatic rings. The summed E-state index contributed by atoms with van der Waals surface area (Å²) in [6.45, 7) is 0.808. The Morgan fingerprint density at radius 3 is 2.32 bits per heavy atom. The van der Waals surface area contributed by atoms with E-state index in [-0.39, 0.29) is 0 Å². The van der Waals surface area contributed by atoms with E-state index in [0.717, 1.165) is 11.7 Å². The van der Waals surface area contributed by atoms with E-state index < -0.39 is 0 Å². The maximum absolute atomic E-state index is 4.20. The topological polar surface area (TPSA) is 24.9 Å². The highest BCUT2D eigenvalue weighted by Crippen LogP contribution is 2.20. The van der Waals surface area contributed by atoms with Gasteiger partial charge in [-0.25, -0.2) is 4.98 Å². The number of anilines is 1. The number of benzene rings is 2. The summed E-state index contributed by atoms with van der Waals surface area (Å²) in [4.78, 5) is 4.20. The molecule has 3 heteroatoms. The molecule has 0 aliphatic rings. The first-order chi connectivity index (χ1) is 9.42. The van der Waals surface area contributed by atoms with Crippen molar-refractivity contribution in [1.29, 1.82) is 0 Å². The van der Waals surface area contributed by atoms with Gasteiger partial charge in [0.05, 0.1) is 0 Å². The molecule has 0 saturated heterocycles. The van der Waals surface area contributed by atoms with E-state index in [0.29, 0.717) is 0 Å². The Labute approximate surface area is 116 Å². The average Bonchev–Trinajstić information content (AvgIpc) is 3.00. The fraction of sp³-hybridized carbons (Fsp3) is 0.0625. The first-order valence-corrected chi connectivity index (χ1v) is 7.07. The lowest BCUT2D eigenvalue weighted by Gasteiger charge is -2.05. The molecule has 1 heterocycles. The van der Waals surface area contributed by atoms with Crippen molar-refractivity contribution in [3.63, 3.8) is 0 Å². The van der Waals surface area contributed by atoms with Crippen LogP contribution in [0.2, 0.25) is 0 Å². The molecule has 2 nitrogen and oxygen atoms in total. The van der Waals surface area contributed by atoms with Gasteiger partial charge in [0.1, 0.15) is 0 Å². The third kappa shape index (κ3) is 3.01. The van der Waals surface area contributed by atoms with Gasteiger partial charge in [0.2, 0.25) is 0 Å². The number of hydrogen-bond acceptors (Lipinski definition) is 3. The molecule has 0 fully saturated rings. The Kier molecular flexibility index (Phi) is 3.56. The second-order valence-electron chi connectivity index (χ2n) is 4.25. The van der Waals surface area contributed by atoms with Crippen LogP contribution in [0, 0.1) is 0 Å². The third-order valence-electron chi connectivity index (χ3n) is 2.94. The molecular formula is C16H14N2S.